The lowest BCUT2D eigenvalue weighted by atomic mass is 9.67. The van der Waals surface area contributed by atoms with Crippen LogP contribution in [0.3, 0.4) is 0 Å². The van der Waals surface area contributed by atoms with Gasteiger partial charge in [-0.1, -0.05) is 32.6 Å². The number of aliphatic hydroxyl groups excluding tert-OH is 1. The van der Waals surface area contributed by atoms with E-state index < -0.39 is 0 Å². The van der Waals surface area contributed by atoms with Crippen molar-refractivity contribution in [3.05, 3.63) is 11.3 Å². The first-order valence-electron chi connectivity index (χ1n) is 6.99. The smallest absolute Gasteiger partial charge is 0.165 e. The van der Waals surface area contributed by atoms with Gasteiger partial charge >= 0.3 is 0 Å². The molecule has 2 fully saturated rings. The fourth-order valence-corrected chi connectivity index (χ4v) is 3.18. The van der Waals surface area contributed by atoms with Gasteiger partial charge in [0.25, 0.3) is 0 Å². The van der Waals surface area contributed by atoms with E-state index in [0.29, 0.717) is 11.3 Å². The molecule has 2 saturated carbocycles. The molecular weight excluding hydrogens is 212 g/mol. The van der Waals surface area contributed by atoms with Crippen LogP contribution in [0, 0.1) is 11.3 Å². The summed E-state index contributed by atoms with van der Waals surface area (Å²) in [4.78, 5) is 12.3. The number of allylic oxidation sites excluding steroid dienone is 2. The fraction of sp³-hybridized carbons (Fsp3) is 0.800. The molecule has 2 aliphatic rings. The van der Waals surface area contributed by atoms with Crippen LogP contribution in [0.15, 0.2) is 11.3 Å². The Kier molecular flexibility index (Phi) is 3.60. The summed E-state index contributed by atoms with van der Waals surface area (Å²) in [5.74, 6) is 0.754. The van der Waals surface area contributed by atoms with Gasteiger partial charge in [0.1, 0.15) is 5.76 Å². The van der Waals surface area contributed by atoms with Gasteiger partial charge in [-0.15, -0.1) is 0 Å². The van der Waals surface area contributed by atoms with Gasteiger partial charge in [0.15, 0.2) is 5.78 Å². The van der Waals surface area contributed by atoms with Gasteiger partial charge in [-0.2, -0.15) is 0 Å². The third-order valence-corrected chi connectivity index (χ3v) is 4.73. The van der Waals surface area contributed by atoms with E-state index >= 15 is 0 Å². The van der Waals surface area contributed by atoms with Crippen LogP contribution in [-0.2, 0) is 4.79 Å². The number of hydrogen-bond acceptors (Lipinski definition) is 2. The maximum Gasteiger partial charge on any atom is 0.165 e. The maximum atomic E-state index is 12.3. The van der Waals surface area contributed by atoms with Crippen LogP contribution in [0.2, 0.25) is 0 Å². The molecule has 0 radical (unpaired) electrons. The summed E-state index contributed by atoms with van der Waals surface area (Å²) in [5, 5.41) is 10.3. The van der Waals surface area contributed by atoms with Gasteiger partial charge in [0.2, 0.25) is 0 Å². The van der Waals surface area contributed by atoms with Crippen molar-refractivity contribution in [1.82, 2.24) is 0 Å². The molecule has 2 aliphatic carbocycles. The molecule has 0 heterocycles. The standard InChI is InChI=1S/C15H24O2/c1-11(14(17)15(2)9-6-10-15)13(16)12-7-4-3-5-8-12/h12,17H,3-10H2,1-2H3. The second kappa shape index (κ2) is 4.83. The lowest BCUT2D eigenvalue weighted by molar-refractivity contribution is -0.120. The molecule has 0 aromatic rings. The molecular formula is C15H24O2. The molecule has 0 aromatic carbocycles. The quantitative estimate of drug-likeness (QED) is 0.590. The van der Waals surface area contributed by atoms with Gasteiger partial charge in [-0.3, -0.25) is 4.79 Å². The normalized spacial score (nSPS) is 26.0. The van der Waals surface area contributed by atoms with Crippen molar-refractivity contribution in [2.24, 2.45) is 11.3 Å². The van der Waals surface area contributed by atoms with Crippen molar-refractivity contribution in [2.75, 3.05) is 0 Å². The summed E-state index contributed by atoms with van der Waals surface area (Å²) in [7, 11) is 0. The highest BCUT2D eigenvalue weighted by Crippen LogP contribution is 2.46. The number of rotatable bonds is 3. The summed E-state index contributed by atoms with van der Waals surface area (Å²) in [6, 6.07) is 0. The monoisotopic (exact) mass is 236 g/mol. The van der Waals surface area contributed by atoms with Crippen LogP contribution in [0.25, 0.3) is 0 Å². The van der Waals surface area contributed by atoms with Crippen LogP contribution < -0.4 is 0 Å². The molecule has 0 aromatic heterocycles. The highest BCUT2D eigenvalue weighted by Gasteiger charge is 2.38. The average Bonchev–Trinajstić information content (AvgIpc) is 2.34. The van der Waals surface area contributed by atoms with Crippen LogP contribution in [0.4, 0.5) is 0 Å². The van der Waals surface area contributed by atoms with Crippen LogP contribution in [-0.4, -0.2) is 10.9 Å². The molecule has 0 atom stereocenters. The Morgan fingerprint density at radius 3 is 2.18 bits per heavy atom. The number of ketones is 1. The molecule has 2 heteroatoms. The van der Waals surface area contributed by atoms with Gasteiger partial charge in [-0.25, -0.2) is 0 Å². The highest BCUT2D eigenvalue weighted by molar-refractivity contribution is 5.97. The van der Waals surface area contributed by atoms with Crippen molar-refractivity contribution in [1.29, 1.82) is 0 Å². The first-order valence-corrected chi connectivity index (χ1v) is 6.99. The van der Waals surface area contributed by atoms with E-state index in [2.05, 4.69) is 6.92 Å². The number of carbonyl (C=O) groups is 1. The SMILES string of the molecule is CC(C(=O)C1CCCCC1)=C(O)C1(C)CCC1. The van der Waals surface area contributed by atoms with Crippen LogP contribution >= 0.6 is 0 Å². The Labute approximate surface area is 104 Å². The zero-order valence-corrected chi connectivity index (χ0v) is 11.1. The van der Waals surface area contributed by atoms with Crippen molar-refractivity contribution < 1.29 is 9.90 Å². The molecule has 96 valence electrons. The van der Waals surface area contributed by atoms with E-state index in [4.69, 9.17) is 0 Å². The summed E-state index contributed by atoms with van der Waals surface area (Å²) in [6.07, 6.45) is 8.84. The fourth-order valence-electron chi connectivity index (χ4n) is 3.18. The lowest BCUT2D eigenvalue weighted by Crippen LogP contribution is -2.31. The number of Topliss-reactive ketones (excluding diaryl/α,β-unsaturated/α-hetero) is 1. The van der Waals surface area contributed by atoms with E-state index in [1.165, 1.54) is 25.7 Å². The number of aliphatic hydroxyl groups is 1. The van der Waals surface area contributed by atoms with E-state index in [1.54, 1.807) is 0 Å². The third kappa shape index (κ3) is 2.41. The Hall–Kier alpha value is -0.790. The summed E-state index contributed by atoms with van der Waals surface area (Å²) < 4.78 is 0. The van der Waals surface area contributed by atoms with Crippen molar-refractivity contribution >= 4 is 5.78 Å². The molecule has 17 heavy (non-hydrogen) atoms. The molecule has 2 rings (SSSR count). The van der Waals surface area contributed by atoms with Crippen molar-refractivity contribution in [3.8, 4) is 0 Å². The summed E-state index contributed by atoms with van der Waals surface area (Å²) >= 11 is 0. The second-order valence-corrected chi connectivity index (χ2v) is 6.09. The Morgan fingerprint density at radius 1 is 1.12 bits per heavy atom. The van der Waals surface area contributed by atoms with E-state index in [0.717, 1.165) is 25.7 Å². The van der Waals surface area contributed by atoms with Gasteiger partial charge in [0.05, 0.1) is 0 Å². The Morgan fingerprint density at radius 2 is 1.71 bits per heavy atom. The summed E-state index contributed by atoms with van der Waals surface area (Å²) in [5.41, 5.74) is 0.535. The number of hydrogen-bond donors (Lipinski definition) is 1. The van der Waals surface area contributed by atoms with Crippen molar-refractivity contribution in [3.63, 3.8) is 0 Å². The van der Waals surface area contributed by atoms with Gasteiger partial charge in [-0.05, 0) is 32.6 Å². The minimum atomic E-state index is -0.103. The second-order valence-electron chi connectivity index (χ2n) is 6.09. The lowest BCUT2D eigenvalue weighted by Gasteiger charge is -2.38. The van der Waals surface area contributed by atoms with Crippen LogP contribution in [0.5, 0.6) is 0 Å². The minimum absolute atomic E-state index is 0.103. The Balaban J connectivity index is 2.09. The average molecular weight is 236 g/mol. The predicted molar refractivity (Wildman–Crippen MR) is 68.9 cm³/mol. The zero-order valence-electron chi connectivity index (χ0n) is 11.1. The molecule has 0 unspecified atom stereocenters. The van der Waals surface area contributed by atoms with E-state index in [1.807, 2.05) is 6.92 Å². The van der Waals surface area contributed by atoms with E-state index in [9.17, 15) is 9.90 Å². The molecule has 2 nitrogen and oxygen atoms in total. The minimum Gasteiger partial charge on any atom is -0.511 e. The highest BCUT2D eigenvalue weighted by atomic mass is 16.3. The van der Waals surface area contributed by atoms with Crippen molar-refractivity contribution in [2.45, 2.75) is 65.2 Å². The zero-order chi connectivity index (χ0) is 12.5. The van der Waals surface area contributed by atoms with E-state index in [-0.39, 0.29) is 17.1 Å². The molecule has 0 saturated heterocycles. The van der Waals surface area contributed by atoms with Gasteiger partial charge in [0, 0.05) is 16.9 Å². The molecule has 1 N–H and O–H groups in total. The molecule has 0 spiro atoms. The Bertz CT molecular complexity index is 331. The largest absolute Gasteiger partial charge is 0.511 e. The predicted octanol–water partition coefficient (Wildman–Crippen LogP) is 4.16. The third-order valence-electron chi connectivity index (χ3n) is 4.73. The molecule has 0 bridgehead atoms. The first kappa shape index (κ1) is 12.7. The maximum absolute atomic E-state index is 12.3. The first-order chi connectivity index (χ1) is 8.04. The summed E-state index contributed by atoms with van der Waals surface area (Å²) in [6.45, 7) is 3.89. The number of carbonyl (C=O) groups excluding carboxylic acids is 1. The molecule has 0 aliphatic heterocycles. The van der Waals surface area contributed by atoms with Crippen LogP contribution in [0.1, 0.15) is 65.2 Å². The topological polar surface area (TPSA) is 37.3 Å². The van der Waals surface area contributed by atoms with Gasteiger partial charge < -0.3 is 5.11 Å². The molecule has 0 amide bonds.